The third-order valence-electron chi connectivity index (χ3n) is 17.6. The van der Waals surface area contributed by atoms with Gasteiger partial charge in [-0.1, -0.05) is 104 Å². The van der Waals surface area contributed by atoms with Crippen LogP contribution in [0.4, 0.5) is 0 Å². The fourth-order valence-corrected chi connectivity index (χ4v) is 70.9. The lowest BCUT2D eigenvalue weighted by molar-refractivity contribution is -0.0476. The van der Waals surface area contributed by atoms with E-state index in [1.165, 1.54) is 0 Å². The maximum atomic E-state index is 8.45. The monoisotopic (exact) mass is 956 g/mol. The molecule has 13 rings (SSSR count). The van der Waals surface area contributed by atoms with E-state index in [1.54, 1.807) is 0 Å². The highest BCUT2D eigenvalue weighted by Gasteiger charge is 2.88. The van der Waals surface area contributed by atoms with Crippen LogP contribution in [0.2, 0.25) is 44.3 Å². The lowest BCUT2D eigenvalue weighted by Crippen LogP contribution is -2.91. The molecule has 0 radical (unpaired) electrons. The van der Waals surface area contributed by atoms with Crippen LogP contribution in [0.25, 0.3) is 0 Å². The highest BCUT2D eigenvalue weighted by Crippen LogP contribution is 2.66. The molecule has 0 N–H and O–H groups in total. The van der Waals surface area contributed by atoms with E-state index in [1.807, 2.05) is 0 Å². The molecule has 0 spiro atoms. The summed E-state index contributed by atoms with van der Waals surface area (Å²) in [6.07, 6.45) is 30.6. The molecule has 1 unspecified atom stereocenters. The van der Waals surface area contributed by atoms with Crippen LogP contribution in [0, 0.1) is 0 Å². The first-order chi connectivity index (χ1) is 28.7. The first-order valence-electron chi connectivity index (χ1n) is 25.1. The van der Waals surface area contributed by atoms with E-state index in [4.69, 9.17) is 49.4 Å². The Morgan fingerprint density at radius 3 is 0.593 bits per heavy atom. The van der Waals surface area contributed by atoms with Gasteiger partial charge in [0.05, 0.1) is 0 Å². The Bertz CT molecular complexity index is 1380. The summed E-state index contributed by atoms with van der Waals surface area (Å²) >= 11 is 0. The van der Waals surface area contributed by atoms with Crippen molar-refractivity contribution in [1.29, 1.82) is 0 Å². The smallest absolute Gasteiger partial charge is 0.373 e. The van der Waals surface area contributed by atoms with Crippen molar-refractivity contribution in [3.63, 3.8) is 0 Å². The molecule has 332 valence electrons. The molecule has 0 amide bonds. The predicted molar refractivity (Wildman–Crippen MR) is 234 cm³/mol. The summed E-state index contributed by atoms with van der Waals surface area (Å²) < 4.78 is 101. The van der Waals surface area contributed by atoms with Crippen molar-refractivity contribution < 1.29 is 49.4 Å². The first kappa shape index (κ1) is 41.7. The van der Waals surface area contributed by atoms with Gasteiger partial charge in [0, 0.05) is 44.3 Å². The van der Waals surface area contributed by atoms with Gasteiger partial charge in [-0.15, -0.1) is 0 Å². The van der Waals surface area contributed by atoms with E-state index < -0.39 is 70.4 Å². The molecule has 8 bridgehead atoms. The van der Waals surface area contributed by atoms with E-state index >= 15 is 0 Å². The summed E-state index contributed by atoms with van der Waals surface area (Å²) in [7, 11) is -30.9. The molecule has 59 heavy (non-hydrogen) atoms. The predicted octanol–water partition coefficient (Wildman–Crippen LogP) is 11.2. The molecule has 6 heterocycles. The normalized spacial score (nSPS) is 49.9. The SMILES string of the molecule is CCC(C)[Si]12O[Si]3(C4CCCC4)O[Si]4(C5CCCC5)O[Si](C5CCCC5)(O1)O[Si]1(C5CCCC5)O[Si](C5CCCC5)(O2)O[Si](C2CCCC2)(O3)O[Si](C2CCCC2)(O4)O1. The van der Waals surface area contributed by atoms with Gasteiger partial charge in [0.1, 0.15) is 0 Å². The zero-order valence-electron chi connectivity index (χ0n) is 36.0. The maximum absolute atomic E-state index is 8.45. The van der Waals surface area contributed by atoms with E-state index in [0.717, 1.165) is 186 Å². The fraction of sp³-hybridized carbons (Fsp3) is 1.00. The summed E-state index contributed by atoms with van der Waals surface area (Å²) in [5.41, 5.74) is 0.521. The first-order valence-corrected chi connectivity index (χ1v) is 39.5. The van der Waals surface area contributed by atoms with Crippen LogP contribution < -0.4 is 0 Å². The van der Waals surface area contributed by atoms with Gasteiger partial charge in [-0.2, -0.15) is 0 Å². The van der Waals surface area contributed by atoms with Gasteiger partial charge in [0.2, 0.25) is 0 Å². The van der Waals surface area contributed by atoms with Crippen LogP contribution in [0.3, 0.4) is 0 Å². The Hall–Kier alpha value is 1.26. The maximum Gasteiger partial charge on any atom is 0.482 e. The number of hydrogen-bond donors (Lipinski definition) is 0. The third-order valence-corrected chi connectivity index (χ3v) is 57.6. The van der Waals surface area contributed by atoms with Crippen LogP contribution >= 0.6 is 0 Å². The lowest BCUT2D eigenvalue weighted by atomic mass is 10.4. The summed E-state index contributed by atoms with van der Waals surface area (Å²) in [6, 6.07) is 0. The standard InChI is InChI=1S/C39H72O12Si8/c1-3-32(2)52-40-53(33-18-4-5-19-33)43-56(36-24-10-11-25-36)45-54(41-52,34-20-6-7-21-34)47-58(38-28-14-15-29-38)48-55(42-52,35-22-8-9-23-35)46-57(44-53,37-26-12-13-27-37)50-59(49-56,51-58)39-30-16-17-31-39/h32-39H,3-31H2,1-2H3. The van der Waals surface area contributed by atoms with Crippen LogP contribution in [0.1, 0.15) is 200 Å². The summed E-state index contributed by atoms with van der Waals surface area (Å²) in [6.45, 7) is 4.57. The van der Waals surface area contributed by atoms with Crippen molar-refractivity contribution in [3.05, 3.63) is 0 Å². The van der Waals surface area contributed by atoms with E-state index in [0.29, 0.717) is 0 Å². The topological polar surface area (TPSA) is 111 Å². The highest BCUT2D eigenvalue weighted by atomic mass is 28.6. The van der Waals surface area contributed by atoms with E-state index in [2.05, 4.69) is 13.8 Å². The second-order valence-electron chi connectivity index (χ2n) is 21.2. The molecule has 13 fully saturated rings. The van der Waals surface area contributed by atoms with Gasteiger partial charge >= 0.3 is 70.4 Å². The van der Waals surface area contributed by atoms with Crippen molar-refractivity contribution >= 4 is 70.4 Å². The van der Waals surface area contributed by atoms with Crippen molar-refractivity contribution in [3.8, 4) is 0 Å². The average molecular weight is 958 g/mol. The summed E-state index contributed by atoms with van der Waals surface area (Å²) in [5.74, 6) is 0. The van der Waals surface area contributed by atoms with Crippen LogP contribution in [-0.4, -0.2) is 70.4 Å². The van der Waals surface area contributed by atoms with Crippen LogP contribution in [0.15, 0.2) is 0 Å². The summed E-state index contributed by atoms with van der Waals surface area (Å²) in [4.78, 5) is 0. The van der Waals surface area contributed by atoms with Crippen molar-refractivity contribution in [2.24, 2.45) is 0 Å². The zero-order valence-corrected chi connectivity index (χ0v) is 44.0. The Balaban J connectivity index is 1.19. The van der Waals surface area contributed by atoms with Gasteiger partial charge in [-0.25, -0.2) is 0 Å². The van der Waals surface area contributed by atoms with Gasteiger partial charge in [0.15, 0.2) is 0 Å². The second-order valence-corrected chi connectivity index (χ2v) is 47.4. The molecule has 6 aliphatic heterocycles. The van der Waals surface area contributed by atoms with E-state index in [-0.39, 0.29) is 44.3 Å². The largest absolute Gasteiger partial charge is 0.482 e. The van der Waals surface area contributed by atoms with E-state index in [9.17, 15) is 0 Å². The van der Waals surface area contributed by atoms with Gasteiger partial charge in [-0.3, -0.25) is 0 Å². The highest BCUT2D eigenvalue weighted by molar-refractivity contribution is 7.04. The molecule has 6 saturated heterocycles. The van der Waals surface area contributed by atoms with Crippen LogP contribution in [-0.2, 0) is 49.4 Å². The third kappa shape index (κ3) is 6.55. The molecule has 13 aliphatic rings. The van der Waals surface area contributed by atoms with Crippen LogP contribution in [0.5, 0.6) is 0 Å². The van der Waals surface area contributed by atoms with Gasteiger partial charge in [0.25, 0.3) is 0 Å². The Kier molecular flexibility index (Phi) is 10.9. The molecule has 1 atom stereocenters. The molecule has 7 aliphatic carbocycles. The minimum Gasteiger partial charge on any atom is -0.373 e. The quantitative estimate of drug-likeness (QED) is 0.205. The van der Waals surface area contributed by atoms with Crippen molar-refractivity contribution in [2.45, 2.75) is 244 Å². The number of hydrogen-bond acceptors (Lipinski definition) is 12. The molecular weight excluding hydrogens is 885 g/mol. The second kappa shape index (κ2) is 15.4. The lowest BCUT2D eigenvalue weighted by Gasteiger charge is -2.67. The minimum atomic E-state index is -3.89. The van der Waals surface area contributed by atoms with Gasteiger partial charge in [-0.05, 0) is 96.3 Å². The molecule has 20 heteroatoms. The minimum absolute atomic E-state index is 0.0635. The number of rotatable bonds is 9. The Morgan fingerprint density at radius 2 is 0.441 bits per heavy atom. The van der Waals surface area contributed by atoms with Crippen molar-refractivity contribution in [2.75, 3.05) is 0 Å². The molecule has 0 aromatic rings. The molecule has 12 nitrogen and oxygen atoms in total. The molecule has 0 aromatic heterocycles. The average Bonchev–Trinajstić information content (AvgIpc) is 4.07. The molecule has 0 aromatic carbocycles. The molecule has 7 saturated carbocycles. The molecular formula is C39H72O12Si8. The summed E-state index contributed by atoms with van der Waals surface area (Å²) in [5, 5.41) is 0. The fourth-order valence-electron chi connectivity index (χ4n) is 14.1. The zero-order chi connectivity index (χ0) is 39.6. The van der Waals surface area contributed by atoms with Crippen molar-refractivity contribution in [1.82, 2.24) is 0 Å². The van der Waals surface area contributed by atoms with Gasteiger partial charge < -0.3 is 49.4 Å². The Morgan fingerprint density at radius 1 is 0.288 bits per heavy atom. The Labute approximate surface area is 362 Å².